The van der Waals surface area contributed by atoms with E-state index in [0.29, 0.717) is 0 Å². The normalized spacial score (nSPS) is 11.7. The molecular formula is C15H22N2O4. The van der Waals surface area contributed by atoms with E-state index < -0.39 is 12.0 Å². The number of aromatic hydroxyl groups is 1. The minimum atomic E-state index is -1.21. The first-order valence-electron chi connectivity index (χ1n) is 7.07. The molecule has 21 heavy (non-hydrogen) atoms. The van der Waals surface area contributed by atoms with Gasteiger partial charge in [0.05, 0.1) is 11.3 Å². The number of carboxylic acid groups (broad SMARTS) is 1. The molecule has 1 atom stereocenters. The van der Waals surface area contributed by atoms with Crippen molar-refractivity contribution in [3.8, 4) is 5.75 Å². The third kappa shape index (κ3) is 5.72. The monoisotopic (exact) mass is 294 g/mol. The first-order chi connectivity index (χ1) is 9.93. The van der Waals surface area contributed by atoms with Gasteiger partial charge in [-0.05, 0) is 31.5 Å². The Morgan fingerprint density at radius 1 is 1.29 bits per heavy atom. The third-order valence-electron chi connectivity index (χ3n) is 3.10. The van der Waals surface area contributed by atoms with Crippen LogP contribution in [-0.2, 0) is 0 Å². The number of anilines is 1. The van der Waals surface area contributed by atoms with Gasteiger partial charge >= 0.3 is 12.0 Å². The highest BCUT2D eigenvalue weighted by Gasteiger charge is 2.14. The molecule has 4 N–H and O–H groups in total. The maximum Gasteiger partial charge on any atom is 0.337 e. The van der Waals surface area contributed by atoms with Crippen molar-refractivity contribution in [2.24, 2.45) is 0 Å². The van der Waals surface area contributed by atoms with E-state index in [1.54, 1.807) is 0 Å². The Bertz CT molecular complexity index is 502. The van der Waals surface area contributed by atoms with Crippen LogP contribution in [0.25, 0.3) is 0 Å². The van der Waals surface area contributed by atoms with E-state index in [1.807, 2.05) is 6.92 Å². The minimum absolute atomic E-state index is 0.0157. The zero-order valence-corrected chi connectivity index (χ0v) is 12.3. The lowest BCUT2D eigenvalue weighted by Gasteiger charge is -2.15. The Kier molecular flexibility index (Phi) is 6.52. The number of unbranched alkanes of at least 4 members (excludes halogenated alkanes) is 2. The molecule has 1 aromatic rings. The average Bonchev–Trinajstić information content (AvgIpc) is 2.40. The van der Waals surface area contributed by atoms with Gasteiger partial charge in [-0.25, -0.2) is 9.59 Å². The van der Waals surface area contributed by atoms with E-state index >= 15 is 0 Å². The molecule has 0 aliphatic heterocycles. The molecule has 116 valence electrons. The molecule has 6 nitrogen and oxygen atoms in total. The Labute approximate surface area is 124 Å². The van der Waals surface area contributed by atoms with Crippen LogP contribution in [0.1, 0.15) is 49.9 Å². The number of carbonyl (C=O) groups is 2. The third-order valence-corrected chi connectivity index (χ3v) is 3.10. The smallest absolute Gasteiger partial charge is 0.337 e. The van der Waals surface area contributed by atoms with E-state index in [4.69, 9.17) is 5.11 Å². The summed E-state index contributed by atoms with van der Waals surface area (Å²) in [5.41, 5.74) is 0.00217. The number of carboxylic acids is 1. The molecule has 0 radical (unpaired) electrons. The molecule has 0 aromatic heterocycles. The quantitative estimate of drug-likeness (QED) is 0.458. The zero-order chi connectivity index (χ0) is 15.8. The van der Waals surface area contributed by atoms with Crippen LogP contribution < -0.4 is 10.6 Å². The van der Waals surface area contributed by atoms with Crippen molar-refractivity contribution in [2.75, 3.05) is 5.32 Å². The second kappa shape index (κ2) is 8.14. The van der Waals surface area contributed by atoms with Gasteiger partial charge in [-0.15, -0.1) is 0 Å². The molecule has 0 aliphatic rings. The molecule has 1 unspecified atom stereocenters. The molecule has 0 bridgehead atoms. The van der Waals surface area contributed by atoms with Crippen molar-refractivity contribution in [1.82, 2.24) is 5.32 Å². The minimum Gasteiger partial charge on any atom is -0.508 e. The van der Waals surface area contributed by atoms with Gasteiger partial charge in [0.25, 0.3) is 0 Å². The maximum atomic E-state index is 11.8. The van der Waals surface area contributed by atoms with E-state index in [1.165, 1.54) is 12.1 Å². The Hall–Kier alpha value is -2.24. The van der Waals surface area contributed by atoms with E-state index in [0.717, 1.165) is 31.7 Å². The molecule has 0 fully saturated rings. The summed E-state index contributed by atoms with van der Waals surface area (Å²) in [5.74, 6) is -1.37. The second-order valence-corrected chi connectivity index (χ2v) is 5.03. The number of hydrogen-bond donors (Lipinski definition) is 4. The molecule has 0 saturated heterocycles. The zero-order valence-electron chi connectivity index (χ0n) is 12.3. The molecule has 1 rings (SSSR count). The number of phenols is 1. The van der Waals surface area contributed by atoms with Gasteiger partial charge in [0.1, 0.15) is 5.75 Å². The molecule has 0 aliphatic carbocycles. The van der Waals surface area contributed by atoms with Gasteiger partial charge in [-0.3, -0.25) is 0 Å². The molecule has 6 heteroatoms. The summed E-state index contributed by atoms with van der Waals surface area (Å²) in [5, 5.41) is 23.6. The Balaban J connectivity index is 2.60. The molecule has 2 amide bonds. The first kappa shape index (κ1) is 16.8. The van der Waals surface area contributed by atoms with Crippen LogP contribution in [0, 0.1) is 0 Å². The van der Waals surface area contributed by atoms with Crippen molar-refractivity contribution in [1.29, 1.82) is 0 Å². The van der Waals surface area contributed by atoms with Crippen LogP contribution >= 0.6 is 0 Å². The van der Waals surface area contributed by atoms with E-state index in [2.05, 4.69) is 17.6 Å². The number of carbonyl (C=O) groups excluding carboxylic acids is 1. The van der Waals surface area contributed by atoms with Crippen LogP contribution in [0.3, 0.4) is 0 Å². The number of hydrogen-bond acceptors (Lipinski definition) is 3. The largest absolute Gasteiger partial charge is 0.508 e. The number of rotatable bonds is 7. The van der Waals surface area contributed by atoms with Gasteiger partial charge in [-0.2, -0.15) is 0 Å². The van der Waals surface area contributed by atoms with E-state index in [-0.39, 0.29) is 23.0 Å². The summed E-state index contributed by atoms with van der Waals surface area (Å²) in [4.78, 5) is 22.9. The van der Waals surface area contributed by atoms with Crippen LogP contribution in [0.4, 0.5) is 10.5 Å². The van der Waals surface area contributed by atoms with Crippen molar-refractivity contribution in [3.63, 3.8) is 0 Å². The van der Waals surface area contributed by atoms with Crippen LogP contribution in [0.2, 0.25) is 0 Å². The van der Waals surface area contributed by atoms with Crippen molar-refractivity contribution in [2.45, 2.75) is 45.6 Å². The average molecular weight is 294 g/mol. The molecule has 0 heterocycles. The number of phenolic OH excluding ortho intramolecular Hbond substituents is 1. The number of amides is 2. The summed E-state index contributed by atoms with van der Waals surface area (Å²) in [6.45, 7) is 4.02. The lowest BCUT2D eigenvalue weighted by atomic mass is 10.1. The van der Waals surface area contributed by atoms with Crippen LogP contribution in [0.5, 0.6) is 5.75 Å². The summed E-state index contributed by atoms with van der Waals surface area (Å²) >= 11 is 0. The second-order valence-electron chi connectivity index (χ2n) is 5.03. The Morgan fingerprint density at radius 3 is 2.62 bits per heavy atom. The highest BCUT2D eigenvalue weighted by molar-refractivity contribution is 6.00. The van der Waals surface area contributed by atoms with Gasteiger partial charge < -0.3 is 20.8 Å². The van der Waals surface area contributed by atoms with Crippen LogP contribution in [0.15, 0.2) is 18.2 Å². The fourth-order valence-corrected chi connectivity index (χ4v) is 1.97. The van der Waals surface area contributed by atoms with Crippen molar-refractivity contribution < 1.29 is 19.8 Å². The van der Waals surface area contributed by atoms with Gasteiger partial charge in [0, 0.05) is 6.04 Å². The predicted molar refractivity (Wildman–Crippen MR) is 80.8 cm³/mol. The van der Waals surface area contributed by atoms with Crippen molar-refractivity contribution >= 4 is 17.7 Å². The molecule has 0 saturated carbocycles. The first-order valence-corrected chi connectivity index (χ1v) is 7.07. The van der Waals surface area contributed by atoms with E-state index in [9.17, 15) is 14.7 Å². The molecular weight excluding hydrogens is 272 g/mol. The summed E-state index contributed by atoms with van der Waals surface area (Å²) < 4.78 is 0. The predicted octanol–water partition coefficient (Wildman–Crippen LogP) is 3.18. The summed E-state index contributed by atoms with van der Waals surface area (Å²) in [6, 6.07) is 3.35. The van der Waals surface area contributed by atoms with Crippen LogP contribution in [-0.4, -0.2) is 28.3 Å². The fraction of sp³-hybridized carbons (Fsp3) is 0.467. The van der Waals surface area contributed by atoms with Gasteiger partial charge in [0.2, 0.25) is 0 Å². The topological polar surface area (TPSA) is 98.7 Å². The molecule has 1 aromatic carbocycles. The van der Waals surface area contributed by atoms with Gasteiger partial charge in [0.15, 0.2) is 0 Å². The lowest BCUT2D eigenvalue weighted by molar-refractivity contribution is 0.0697. The fourth-order valence-electron chi connectivity index (χ4n) is 1.97. The highest BCUT2D eigenvalue weighted by atomic mass is 16.4. The number of urea groups is 1. The standard InChI is InChI=1S/C15H22N2O4/c1-3-4-5-6-10(2)16-15(21)17-13-8-7-11(18)9-12(13)14(19)20/h7-10,18H,3-6H2,1-2H3,(H,19,20)(H2,16,17,21). The maximum absolute atomic E-state index is 11.8. The lowest BCUT2D eigenvalue weighted by Crippen LogP contribution is -2.36. The summed E-state index contributed by atoms with van der Waals surface area (Å²) in [7, 11) is 0. The number of nitrogens with one attached hydrogen (secondary N) is 2. The number of aromatic carboxylic acids is 1. The summed E-state index contributed by atoms with van der Waals surface area (Å²) in [6.07, 6.45) is 4.16. The highest BCUT2D eigenvalue weighted by Crippen LogP contribution is 2.21. The molecule has 0 spiro atoms. The van der Waals surface area contributed by atoms with Gasteiger partial charge in [-0.1, -0.05) is 26.2 Å². The number of benzene rings is 1. The SMILES string of the molecule is CCCCCC(C)NC(=O)Nc1ccc(O)cc1C(=O)O. The Morgan fingerprint density at radius 2 is 2.00 bits per heavy atom. The van der Waals surface area contributed by atoms with Crippen molar-refractivity contribution in [3.05, 3.63) is 23.8 Å².